The highest BCUT2D eigenvalue weighted by Crippen LogP contribution is 2.62. The van der Waals surface area contributed by atoms with Gasteiger partial charge in [-0.25, -0.2) is 0 Å². The second kappa shape index (κ2) is 6.04. The van der Waals surface area contributed by atoms with Crippen LogP contribution in [0.1, 0.15) is 38.5 Å². The molecule has 0 aromatic carbocycles. The fourth-order valence-electron chi connectivity index (χ4n) is 5.60. The molecule has 4 aliphatic rings. The van der Waals surface area contributed by atoms with Crippen molar-refractivity contribution in [1.82, 2.24) is 15.1 Å². The van der Waals surface area contributed by atoms with Crippen LogP contribution in [0.25, 0.3) is 0 Å². The van der Waals surface area contributed by atoms with Crippen molar-refractivity contribution in [3.8, 4) is 0 Å². The van der Waals surface area contributed by atoms with Gasteiger partial charge in [0, 0.05) is 43.1 Å². The van der Waals surface area contributed by atoms with Crippen LogP contribution in [0.3, 0.4) is 0 Å². The molecule has 4 nitrogen and oxygen atoms in total. The fraction of sp³-hybridized carbons (Fsp3) is 1.00. The highest BCUT2D eigenvalue weighted by atomic mass is 16.5. The molecule has 2 saturated heterocycles. The zero-order valence-corrected chi connectivity index (χ0v) is 14.4. The summed E-state index contributed by atoms with van der Waals surface area (Å²) in [6.07, 6.45) is 8.79. The molecule has 2 aliphatic carbocycles. The molecule has 4 fully saturated rings. The van der Waals surface area contributed by atoms with Crippen molar-refractivity contribution in [3.63, 3.8) is 0 Å². The second-order valence-corrected chi connectivity index (χ2v) is 8.30. The Bertz CT molecular complexity index is 388. The van der Waals surface area contributed by atoms with Gasteiger partial charge in [0.25, 0.3) is 0 Å². The molecule has 22 heavy (non-hydrogen) atoms. The fourth-order valence-corrected chi connectivity index (χ4v) is 5.60. The average molecular weight is 307 g/mol. The molecular formula is C18H33N3O. The number of likely N-dealkylation sites (tertiary alicyclic amines) is 1. The summed E-state index contributed by atoms with van der Waals surface area (Å²) in [7, 11) is 4.44. The van der Waals surface area contributed by atoms with Crippen molar-refractivity contribution in [3.05, 3.63) is 0 Å². The van der Waals surface area contributed by atoms with Crippen LogP contribution in [-0.2, 0) is 4.74 Å². The molecule has 2 saturated carbocycles. The summed E-state index contributed by atoms with van der Waals surface area (Å²) in [5, 5.41) is 3.93. The predicted octanol–water partition coefficient (Wildman–Crippen LogP) is 1.56. The Kier molecular flexibility index (Phi) is 4.22. The van der Waals surface area contributed by atoms with E-state index in [1.807, 2.05) is 0 Å². The third-order valence-corrected chi connectivity index (χ3v) is 7.12. The quantitative estimate of drug-likeness (QED) is 0.834. The van der Waals surface area contributed by atoms with Gasteiger partial charge in [-0.15, -0.1) is 0 Å². The molecule has 0 amide bonds. The first-order chi connectivity index (χ1) is 10.7. The summed E-state index contributed by atoms with van der Waals surface area (Å²) in [6, 6.07) is 1.55. The Morgan fingerprint density at radius 1 is 1.18 bits per heavy atom. The molecule has 4 rings (SSSR count). The zero-order chi connectivity index (χ0) is 15.2. The molecular weight excluding hydrogens is 274 g/mol. The number of fused-ring (bicyclic) bond motifs is 2. The third-order valence-electron chi connectivity index (χ3n) is 7.12. The lowest BCUT2D eigenvalue weighted by Crippen LogP contribution is -2.71. The monoisotopic (exact) mass is 307 g/mol. The Balaban J connectivity index is 1.21. The van der Waals surface area contributed by atoms with E-state index < -0.39 is 0 Å². The summed E-state index contributed by atoms with van der Waals surface area (Å²) < 4.78 is 6.02. The van der Waals surface area contributed by atoms with E-state index in [1.54, 1.807) is 0 Å². The minimum Gasteiger partial charge on any atom is -0.377 e. The van der Waals surface area contributed by atoms with Gasteiger partial charge in [0.1, 0.15) is 0 Å². The van der Waals surface area contributed by atoms with Gasteiger partial charge in [0.2, 0.25) is 0 Å². The summed E-state index contributed by atoms with van der Waals surface area (Å²) in [5.74, 6) is 0.819. The molecule has 1 N–H and O–H groups in total. The van der Waals surface area contributed by atoms with Crippen LogP contribution in [0.4, 0.5) is 0 Å². The maximum absolute atomic E-state index is 6.02. The zero-order valence-electron chi connectivity index (χ0n) is 14.4. The van der Waals surface area contributed by atoms with Gasteiger partial charge < -0.3 is 19.9 Å². The van der Waals surface area contributed by atoms with E-state index in [1.165, 1.54) is 64.7 Å². The van der Waals surface area contributed by atoms with Gasteiger partial charge in [-0.05, 0) is 59.3 Å². The van der Waals surface area contributed by atoms with Crippen LogP contribution in [0.5, 0.6) is 0 Å². The number of rotatable bonds is 5. The van der Waals surface area contributed by atoms with Gasteiger partial charge in [0.05, 0.1) is 6.10 Å². The summed E-state index contributed by atoms with van der Waals surface area (Å²) in [5.41, 5.74) is 0.541. The molecule has 2 heterocycles. The van der Waals surface area contributed by atoms with Gasteiger partial charge in [-0.1, -0.05) is 6.42 Å². The Morgan fingerprint density at radius 3 is 2.59 bits per heavy atom. The summed E-state index contributed by atoms with van der Waals surface area (Å²) in [4.78, 5) is 5.05. The number of piperidine rings is 1. The first-order valence-corrected chi connectivity index (χ1v) is 9.44. The third kappa shape index (κ3) is 2.43. The van der Waals surface area contributed by atoms with Crippen LogP contribution >= 0.6 is 0 Å². The van der Waals surface area contributed by atoms with E-state index in [0.717, 1.165) is 24.6 Å². The number of nitrogens with one attached hydrogen (secondary N) is 1. The SMILES string of the molecule is CN(C)C1CCN(CCN[C@H]2[C@H]3CCO[C@H]3C23CCC3)CC1. The molecule has 0 bridgehead atoms. The van der Waals surface area contributed by atoms with Crippen molar-refractivity contribution in [1.29, 1.82) is 0 Å². The van der Waals surface area contributed by atoms with Gasteiger partial charge >= 0.3 is 0 Å². The first kappa shape index (κ1) is 15.4. The molecule has 1 spiro atoms. The maximum atomic E-state index is 6.02. The average Bonchev–Trinajstić information content (AvgIpc) is 2.87. The molecule has 126 valence electrons. The molecule has 4 heteroatoms. The van der Waals surface area contributed by atoms with E-state index in [2.05, 4.69) is 29.2 Å². The number of nitrogens with zero attached hydrogens (tertiary/aromatic N) is 2. The van der Waals surface area contributed by atoms with Crippen molar-refractivity contribution >= 4 is 0 Å². The molecule has 3 atom stereocenters. The Hall–Kier alpha value is -0.160. The van der Waals surface area contributed by atoms with E-state index in [9.17, 15) is 0 Å². The predicted molar refractivity (Wildman–Crippen MR) is 89.1 cm³/mol. The summed E-state index contributed by atoms with van der Waals surface area (Å²) >= 11 is 0. The van der Waals surface area contributed by atoms with E-state index in [0.29, 0.717) is 11.5 Å². The van der Waals surface area contributed by atoms with E-state index >= 15 is 0 Å². The van der Waals surface area contributed by atoms with Crippen molar-refractivity contribution in [2.45, 2.75) is 56.7 Å². The lowest BCUT2D eigenvalue weighted by molar-refractivity contribution is -0.176. The van der Waals surface area contributed by atoms with Gasteiger partial charge in [-0.2, -0.15) is 0 Å². The van der Waals surface area contributed by atoms with Crippen molar-refractivity contribution in [2.75, 3.05) is 46.9 Å². The molecule has 0 unspecified atom stereocenters. The number of hydrogen-bond donors (Lipinski definition) is 1. The highest BCUT2D eigenvalue weighted by Gasteiger charge is 2.66. The van der Waals surface area contributed by atoms with Crippen LogP contribution in [0, 0.1) is 11.3 Å². The summed E-state index contributed by atoms with van der Waals surface area (Å²) in [6.45, 7) is 5.95. The standard InChI is InChI=1S/C18H33N3O/c1-20(2)14-4-10-21(11-5-14)12-9-19-16-15-6-13-22-17(15)18(16)7-3-8-18/h14-17,19H,3-13H2,1-2H3/t15-,16+,17-/m1/s1. The maximum Gasteiger partial charge on any atom is 0.0690 e. The molecule has 0 radical (unpaired) electrons. The largest absolute Gasteiger partial charge is 0.377 e. The Morgan fingerprint density at radius 2 is 1.95 bits per heavy atom. The lowest BCUT2D eigenvalue weighted by atomic mass is 9.46. The molecule has 0 aromatic heterocycles. The normalized spacial score (nSPS) is 38.0. The number of hydrogen-bond acceptors (Lipinski definition) is 4. The van der Waals surface area contributed by atoms with Crippen molar-refractivity contribution in [2.24, 2.45) is 11.3 Å². The molecule has 0 aromatic rings. The van der Waals surface area contributed by atoms with Crippen LogP contribution in [0.2, 0.25) is 0 Å². The van der Waals surface area contributed by atoms with Gasteiger partial charge in [0.15, 0.2) is 0 Å². The minimum atomic E-state index is 0.541. The second-order valence-electron chi connectivity index (χ2n) is 8.30. The molecule has 2 aliphatic heterocycles. The minimum absolute atomic E-state index is 0.541. The van der Waals surface area contributed by atoms with E-state index in [-0.39, 0.29) is 0 Å². The van der Waals surface area contributed by atoms with Gasteiger partial charge in [-0.3, -0.25) is 0 Å². The number of ether oxygens (including phenoxy) is 1. The first-order valence-electron chi connectivity index (χ1n) is 9.44. The van der Waals surface area contributed by atoms with E-state index in [4.69, 9.17) is 4.74 Å². The van der Waals surface area contributed by atoms with Crippen molar-refractivity contribution < 1.29 is 4.74 Å². The van der Waals surface area contributed by atoms with Crippen LogP contribution < -0.4 is 5.32 Å². The smallest absolute Gasteiger partial charge is 0.0690 e. The Labute approximate surface area is 135 Å². The van der Waals surface area contributed by atoms with Crippen LogP contribution in [-0.4, -0.2) is 74.9 Å². The topological polar surface area (TPSA) is 27.7 Å². The lowest BCUT2D eigenvalue weighted by Gasteiger charge is -2.63. The highest BCUT2D eigenvalue weighted by molar-refractivity contribution is 5.18. The van der Waals surface area contributed by atoms with Crippen LogP contribution in [0.15, 0.2) is 0 Å².